The SMILES string of the molecule is Cc1ccc(C(=O)N(Cc2ccc(F)cc2)C2CC(=O)N(c3ccc(C(C)C)cc3)C2=O)cc1. The lowest BCUT2D eigenvalue weighted by Crippen LogP contribution is -2.45. The number of carbonyl (C=O) groups excluding carboxylic acids is 3. The van der Waals surface area contributed by atoms with Crippen LogP contribution in [0.1, 0.15) is 53.2 Å². The lowest BCUT2D eigenvalue weighted by atomic mass is 10.0. The summed E-state index contributed by atoms with van der Waals surface area (Å²) in [5.74, 6) is -1.21. The van der Waals surface area contributed by atoms with Gasteiger partial charge in [-0.1, -0.05) is 55.8 Å². The third kappa shape index (κ3) is 4.76. The maximum absolute atomic E-state index is 13.5. The molecule has 3 amide bonds. The van der Waals surface area contributed by atoms with Gasteiger partial charge < -0.3 is 4.90 Å². The number of aryl methyl sites for hydroxylation is 1. The Morgan fingerprint density at radius 1 is 0.971 bits per heavy atom. The van der Waals surface area contributed by atoms with Gasteiger partial charge in [0, 0.05) is 12.1 Å². The maximum atomic E-state index is 13.5. The first-order valence-electron chi connectivity index (χ1n) is 11.3. The Morgan fingerprint density at radius 2 is 1.59 bits per heavy atom. The fraction of sp³-hybridized carbons (Fsp3) is 0.250. The summed E-state index contributed by atoms with van der Waals surface area (Å²) in [7, 11) is 0. The summed E-state index contributed by atoms with van der Waals surface area (Å²) in [5, 5.41) is 0. The fourth-order valence-corrected chi connectivity index (χ4v) is 4.11. The molecule has 5 nitrogen and oxygen atoms in total. The first-order chi connectivity index (χ1) is 16.2. The molecule has 1 atom stereocenters. The topological polar surface area (TPSA) is 57.7 Å². The predicted octanol–water partition coefficient (Wildman–Crippen LogP) is 5.23. The van der Waals surface area contributed by atoms with Crippen molar-refractivity contribution >= 4 is 23.4 Å². The summed E-state index contributed by atoms with van der Waals surface area (Å²) < 4.78 is 13.4. The number of hydrogen-bond donors (Lipinski definition) is 0. The van der Waals surface area contributed by atoms with Crippen LogP contribution < -0.4 is 4.90 Å². The average Bonchev–Trinajstić information content (AvgIpc) is 3.12. The molecule has 0 aromatic heterocycles. The van der Waals surface area contributed by atoms with Crippen LogP contribution in [0, 0.1) is 12.7 Å². The molecular formula is C28H27FN2O3. The van der Waals surface area contributed by atoms with E-state index in [2.05, 4.69) is 13.8 Å². The highest BCUT2D eigenvalue weighted by Crippen LogP contribution is 2.29. The third-order valence-electron chi connectivity index (χ3n) is 6.14. The summed E-state index contributed by atoms with van der Waals surface area (Å²) in [5.41, 5.74) is 3.69. The van der Waals surface area contributed by atoms with E-state index in [4.69, 9.17) is 0 Å². The van der Waals surface area contributed by atoms with Crippen LogP contribution in [0.2, 0.25) is 0 Å². The highest BCUT2D eigenvalue weighted by atomic mass is 19.1. The first-order valence-corrected chi connectivity index (χ1v) is 11.3. The standard InChI is InChI=1S/C28H27FN2O3/c1-18(2)21-10-14-24(15-11-21)31-26(32)16-25(28(31)34)30(17-20-6-12-23(29)13-7-20)27(33)22-8-4-19(3)5-9-22/h4-15,18,25H,16-17H2,1-3H3. The molecule has 0 radical (unpaired) electrons. The second-order valence-corrected chi connectivity index (χ2v) is 8.96. The van der Waals surface area contributed by atoms with Gasteiger partial charge in [-0.2, -0.15) is 0 Å². The van der Waals surface area contributed by atoms with Crippen LogP contribution >= 0.6 is 0 Å². The molecular weight excluding hydrogens is 431 g/mol. The van der Waals surface area contributed by atoms with Crippen LogP contribution in [-0.2, 0) is 16.1 Å². The number of imide groups is 1. The number of halogens is 1. The molecule has 174 valence electrons. The van der Waals surface area contributed by atoms with Crippen LogP contribution in [0.25, 0.3) is 0 Å². The van der Waals surface area contributed by atoms with Crippen LogP contribution in [0.3, 0.4) is 0 Å². The zero-order valence-electron chi connectivity index (χ0n) is 19.5. The molecule has 1 aliphatic heterocycles. The normalized spacial score (nSPS) is 15.8. The van der Waals surface area contributed by atoms with Gasteiger partial charge in [0.15, 0.2) is 0 Å². The van der Waals surface area contributed by atoms with Crippen LogP contribution in [0.15, 0.2) is 72.8 Å². The van der Waals surface area contributed by atoms with E-state index in [0.29, 0.717) is 22.7 Å². The lowest BCUT2D eigenvalue weighted by molar-refractivity contribution is -0.122. The highest BCUT2D eigenvalue weighted by molar-refractivity contribution is 6.23. The molecule has 4 rings (SSSR count). The Balaban J connectivity index is 1.66. The summed E-state index contributed by atoms with van der Waals surface area (Å²) in [6, 6.07) is 19.2. The van der Waals surface area contributed by atoms with Crippen molar-refractivity contribution < 1.29 is 18.8 Å². The van der Waals surface area contributed by atoms with Crippen LogP contribution in [0.4, 0.5) is 10.1 Å². The smallest absolute Gasteiger partial charge is 0.257 e. The van der Waals surface area contributed by atoms with Crippen LogP contribution in [0.5, 0.6) is 0 Å². The predicted molar refractivity (Wildman–Crippen MR) is 129 cm³/mol. The van der Waals surface area contributed by atoms with Gasteiger partial charge in [0.2, 0.25) is 5.91 Å². The van der Waals surface area contributed by atoms with E-state index >= 15 is 0 Å². The van der Waals surface area contributed by atoms with E-state index in [1.54, 1.807) is 36.4 Å². The number of anilines is 1. The highest BCUT2D eigenvalue weighted by Gasteiger charge is 2.44. The van der Waals surface area contributed by atoms with Crippen molar-refractivity contribution in [1.82, 2.24) is 4.90 Å². The van der Waals surface area contributed by atoms with E-state index in [9.17, 15) is 18.8 Å². The summed E-state index contributed by atoms with van der Waals surface area (Å²) >= 11 is 0. The van der Waals surface area contributed by atoms with Gasteiger partial charge in [-0.15, -0.1) is 0 Å². The second-order valence-electron chi connectivity index (χ2n) is 8.96. The molecule has 0 aliphatic carbocycles. The number of amides is 3. The molecule has 3 aromatic rings. The van der Waals surface area contributed by atoms with E-state index in [-0.39, 0.29) is 30.6 Å². The first kappa shape index (κ1) is 23.4. The number of benzene rings is 3. The Hall–Kier alpha value is -3.80. The Labute approximate surface area is 198 Å². The van der Waals surface area contributed by atoms with Crippen molar-refractivity contribution in [3.8, 4) is 0 Å². The van der Waals surface area contributed by atoms with Gasteiger partial charge >= 0.3 is 0 Å². The van der Waals surface area contributed by atoms with Gasteiger partial charge in [-0.3, -0.25) is 14.4 Å². The Kier molecular flexibility index (Phi) is 6.59. The summed E-state index contributed by atoms with van der Waals surface area (Å²) in [6.07, 6.45) is -0.108. The molecule has 1 saturated heterocycles. The summed E-state index contributed by atoms with van der Waals surface area (Å²) in [6.45, 7) is 6.14. The molecule has 0 bridgehead atoms. The molecule has 6 heteroatoms. The number of carbonyl (C=O) groups is 3. The minimum Gasteiger partial charge on any atom is -0.322 e. The van der Waals surface area contributed by atoms with Crippen molar-refractivity contribution in [3.63, 3.8) is 0 Å². The molecule has 1 unspecified atom stereocenters. The summed E-state index contributed by atoms with van der Waals surface area (Å²) in [4.78, 5) is 42.5. The number of hydrogen-bond acceptors (Lipinski definition) is 3. The van der Waals surface area contributed by atoms with Crippen LogP contribution in [-0.4, -0.2) is 28.7 Å². The minimum atomic E-state index is -0.948. The zero-order valence-corrected chi connectivity index (χ0v) is 19.5. The largest absolute Gasteiger partial charge is 0.322 e. The van der Waals surface area contributed by atoms with Crippen molar-refractivity contribution in [2.24, 2.45) is 0 Å². The maximum Gasteiger partial charge on any atom is 0.257 e. The molecule has 0 spiro atoms. The molecule has 1 heterocycles. The molecule has 34 heavy (non-hydrogen) atoms. The molecule has 0 N–H and O–H groups in total. The van der Waals surface area contributed by atoms with Gasteiger partial charge in [-0.25, -0.2) is 9.29 Å². The zero-order chi connectivity index (χ0) is 24.4. The average molecular weight is 459 g/mol. The van der Waals surface area contributed by atoms with Gasteiger partial charge in [0.1, 0.15) is 11.9 Å². The minimum absolute atomic E-state index is 0.0802. The monoisotopic (exact) mass is 458 g/mol. The molecule has 1 aliphatic rings. The lowest BCUT2D eigenvalue weighted by Gasteiger charge is -2.28. The second kappa shape index (κ2) is 9.59. The Bertz CT molecular complexity index is 1200. The molecule has 0 saturated carbocycles. The fourth-order valence-electron chi connectivity index (χ4n) is 4.11. The van der Waals surface area contributed by atoms with Crippen molar-refractivity contribution in [1.29, 1.82) is 0 Å². The van der Waals surface area contributed by atoms with Crippen molar-refractivity contribution in [2.45, 2.75) is 45.7 Å². The molecule has 1 fully saturated rings. The number of rotatable bonds is 6. The van der Waals surface area contributed by atoms with E-state index in [0.717, 1.165) is 16.0 Å². The van der Waals surface area contributed by atoms with E-state index in [1.165, 1.54) is 17.0 Å². The quantitative estimate of drug-likeness (QED) is 0.475. The third-order valence-corrected chi connectivity index (χ3v) is 6.14. The van der Waals surface area contributed by atoms with Crippen molar-refractivity contribution in [3.05, 3.63) is 101 Å². The Morgan fingerprint density at radius 3 is 2.18 bits per heavy atom. The molecule has 3 aromatic carbocycles. The number of nitrogens with zero attached hydrogens (tertiary/aromatic N) is 2. The van der Waals surface area contributed by atoms with Crippen molar-refractivity contribution in [2.75, 3.05) is 4.90 Å². The van der Waals surface area contributed by atoms with E-state index < -0.39 is 11.9 Å². The van der Waals surface area contributed by atoms with Gasteiger partial charge in [0.05, 0.1) is 12.1 Å². The van der Waals surface area contributed by atoms with Gasteiger partial charge in [-0.05, 0) is 60.4 Å². The van der Waals surface area contributed by atoms with Gasteiger partial charge in [0.25, 0.3) is 11.8 Å². The van der Waals surface area contributed by atoms with E-state index in [1.807, 2.05) is 31.2 Å².